The molecule has 5 heteroatoms. The van der Waals surface area contributed by atoms with Crippen LogP contribution in [0.5, 0.6) is 11.5 Å². The van der Waals surface area contributed by atoms with Crippen molar-refractivity contribution in [1.82, 2.24) is 5.32 Å². The van der Waals surface area contributed by atoms with Crippen LogP contribution in [0.2, 0.25) is 0 Å². The molecule has 1 amide bonds. The summed E-state index contributed by atoms with van der Waals surface area (Å²) in [7, 11) is 0. The minimum absolute atomic E-state index is 0.112. The second kappa shape index (κ2) is 7.63. The van der Waals surface area contributed by atoms with Gasteiger partial charge in [0.2, 0.25) is 0 Å². The second-order valence-electron chi connectivity index (χ2n) is 4.58. The van der Waals surface area contributed by atoms with Crippen LogP contribution in [0.4, 0.5) is 0 Å². The molecule has 0 heterocycles. The van der Waals surface area contributed by atoms with E-state index in [0.717, 1.165) is 12.8 Å². The molecule has 1 rings (SSSR count). The van der Waals surface area contributed by atoms with Crippen LogP contribution in [0.15, 0.2) is 18.2 Å². The first-order valence-corrected chi connectivity index (χ1v) is 6.49. The SMILES string of the molecule is CCCC(CCO)CNC(=O)c1ccc(O)c(O)c1. The van der Waals surface area contributed by atoms with Gasteiger partial charge in [-0.05, 0) is 37.0 Å². The van der Waals surface area contributed by atoms with Gasteiger partial charge >= 0.3 is 0 Å². The van der Waals surface area contributed by atoms with Crippen molar-refractivity contribution in [2.75, 3.05) is 13.2 Å². The van der Waals surface area contributed by atoms with E-state index in [1.54, 1.807) is 0 Å². The summed E-state index contributed by atoms with van der Waals surface area (Å²) >= 11 is 0. The Morgan fingerprint density at radius 3 is 2.58 bits per heavy atom. The third-order valence-corrected chi connectivity index (χ3v) is 3.02. The van der Waals surface area contributed by atoms with Crippen molar-refractivity contribution in [3.05, 3.63) is 23.8 Å². The first-order valence-electron chi connectivity index (χ1n) is 6.49. The van der Waals surface area contributed by atoms with Crippen molar-refractivity contribution in [3.8, 4) is 11.5 Å². The van der Waals surface area contributed by atoms with Crippen molar-refractivity contribution in [2.45, 2.75) is 26.2 Å². The van der Waals surface area contributed by atoms with E-state index in [-0.39, 0.29) is 29.9 Å². The number of carbonyl (C=O) groups excluding carboxylic acids is 1. The van der Waals surface area contributed by atoms with Gasteiger partial charge < -0.3 is 20.6 Å². The van der Waals surface area contributed by atoms with Crippen molar-refractivity contribution in [3.63, 3.8) is 0 Å². The van der Waals surface area contributed by atoms with E-state index in [1.165, 1.54) is 18.2 Å². The Hall–Kier alpha value is -1.75. The highest BCUT2D eigenvalue weighted by Gasteiger charge is 2.12. The maximum atomic E-state index is 11.9. The van der Waals surface area contributed by atoms with Gasteiger partial charge in [0.05, 0.1) is 0 Å². The molecule has 1 aromatic rings. The number of phenols is 2. The fourth-order valence-electron chi connectivity index (χ4n) is 1.94. The molecule has 0 saturated heterocycles. The Labute approximate surface area is 112 Å². The average Bonchev–Trinajstić information content (AvgIpc) is 2.39. The monoisotopic (exact) mass is 267 g/mol. The summed E-state index contributed by atoms with van der Waals surface area (Å²) < 4.78 is 0. The lowest BCUT2D eigenvalue weighted by Gasteiger charge is -2.15. The zero-order valence-corrected chi connectivity index (χ0v) is 11.1. The van der Waals surface area contributed by atoms with Gasteiger partial charge in [-0.3, -0.25) is 4.79 Å². The molecular weight excluding hydrogens is 246 g/mol. The standard InChI is InChI=1S/C14H21NO4/c1-2-3-10(6-7-16)9-15-14(19)11-4-5-12(17)13(18)8-11/h4-5,8,10,16-18H,2-3,6-7,9H2,1H3,(H,15,19). The van der Waals surface area contributed by atoms with Gasteiger partial charge in [-0.15, -0.1) is 0 Å². The minimum atomic E-state index is -0.312. The number of nitrogens with one attached hydrogen (secondary N) is 1. The molecule has 0 aliphatic rings. The van der Waals surface area contributed by atoms with Crippen LogP contribution >= 0.6 is 0 Å². The molecule has 1 unspecified atom stereocenters. The lowest BCUT2D eigenvalue weighted by Crippen LogP contribution is -2.29. The maximum absolute atomic E-state index is 11.9. The smallest absolute Gasteiger partial charge is 0.251 e. The molecule has 5 nitrogen and oxygen atoms in total. The summed E-state index contributed by atoms with van der Waals surface area (Å²) in [5.74, 6) is -0.604. The fraction of sp³-hybridized carbons (Fsp3) is 0.500. The molecule has 0 spiro atoms. The number of aliphatic hydroxyl groups is 1. The highest BCUT2D eigenvalue weighted by atomic mass is 16.3. The molecule has 0 fully saturated rings. The summed E-state index contributed by atoms with van der Waals surface area (Å²) in [5.41, 5.74) is 0.301. The fourth-order valence-corrected chi connectivity index (χ4v) is 1.94. The van der Waals surface area contributed by atoms with Gasteiger partial charge in [0.15, 0.2) is 11.5 Å². The first-order chi connectivity index (χ1) is 9.08. The van der Waals surface area contributed by atoms with Gasteiger partial charge in [-0.25, -0.2) is 0 Å². The summed E-state index contributed by atoms with van der Waals surface area (Å²) in [6.07, 6.45) is 2.61. The van der Waals surface area contributed by atoms with Crippen molar-refractivity contribution < 1.29 is 20.1 Å². The lowest BCUT2D eigenvalue weighted by atomic mass is 10.00. The molecule has 0 radical (unpaired) electrons. The zero-order chi connectivity index (χ0) is 14.3. The number of hydrogen-bond donors (Lipinski definition) is 4. The number of amides is 1. The molecule has 0 saturated carbocycles. The molecule has 1 aromatic carbocycles. The Morgan fingerprint density at radius 2 is 2.00 bits per heavy atom. The molecular formula is C14H21NO4. The van der Waals surface area contributed by atoms with Crippen LogP contribution in [-0.2, 0) is 0 Å². The van der Waals surface area contributed by atoms with E-state index in [9.17, 15) is 15.0 Å². The van der Waals surface area contributed by atoms with Gasteiger partial charge in [0.25, 0.3) is 5.91 Å². The zero-order valence-electron chi connectivity index (χ0n) is 11.1. The number of aliphatic hydroxyl groups excluding tert-OH is 1. The van der Waals surface area contributed by atoms with Crippen molar-refractivity contribution >= 4 is 5.91 Å². The Balaban J connectivity index is 2.56. The summed E-state index contributed by atoms with van der Waals surface area (Å²) in [6.45, 7) is 2.67. The van der Waals surface area contributed by atoms with E-state index in [1.807, 2.05) is 0 Å². The normalized spacial score (nSPS) is 12.1. The molecule has 0 bridgehead atoms. The highest BCUT2D eigenvalue weighted by Crippen LogP contribution is 2.24. The third kappa shape index (κ3) is 4.79. The van der Waals surface area contributed by atoms with E-state index < -0.39 is 0 Å². The number of rotatable bonds is 7. The summed E-state index contributed by atoms with van der Waals surface area (Å²) in [6, 6.07) is 3.96. The average molecular weight is 267 g/mol. The Bertz CT molecular complexity index is 414. The van der Waals surface area contributed by atoms with Gasteiger partial charge in [0, 0.05) is 18.7 Å². The third-order valence-electron chi connectivity index (χ3n) is 3.02. The maximum Gasteiger partial charge on any atom is 0.251 e. The molecule has 0 aromatic heterocycles. The second-order valence-corrected chi connectivity index (χ2v) is 4.58. The quantitative estimate of drug-likeness (QED) is 0.565. The molecule has 106 valence electrons. The number of carbonyl (C=O) groups is 1. The Kier molecular flexibility index (Phi) is 6.15. The van der Waals surface area contributed by atoms with E-state index >= 15 is 0 Å². The van der Waals surface area contributed by atoms with Gasteiger partial charge in [0.1, 0.15) is 0 Å². The predicted molar refractivity (Wildman–Crippen MR) is 72.2 cm³/mol. The van der Waals surface area contributed by atoms with Crippen molar-refractivity contribution in [2.24, 2.45) is 5.92 Å². The number of phenolic OH excluding ortho intramolecular Hbond substituents is 2. The topological polar surface area (TPSA) is 89.8 Å². The number of benzene rings is 1. The number of aromatic hydroxyl groups is 2. The van der Waals surface area contributed by atoms with Crippen LogP contribution < -0.4 is 5.32 Å². The van der Waals surface area contributed by atoms with E-state index in [4.69, 9.17) is 5.11 Å². The molecule has 0 aliphatic carbocycles. The van der Waals surface area contributed by atoms with E-state index in [0.29, 0.717) is 18.5 Å². The van der Waals surface area contributed by atoms with Crippen molar-refractivity contribution in [1.29, 1.82) is 0 Å². The largest absolute Gasteiger partial charge is 0.504 e. The van der Waals surface area contributed by atoms with Crippen LogP contribution in [0, 0.1) is 5.92 Å². The highest BCUT2D eigenvalue weighted by molar-refractivity contribution is 5.94. The predicted octanol–water partition coefficient (Wildman–Crippen LogP) is 1.63. The lowest BCUT2D eigenvalue weighted by molar-refractivity contribution is 0.0942. The molecule has 4 N–H and O–H groups in total. The summed E-state index contributed by atoms with van der Waals surface area (Å²) in [5, 5.41) is 30.2. The minimum Gasteiger partial charge on any atom is -0.504 e. The molecule has 19 heavy (non-hydrogen) atoms. The Morgan fingerprint density at radius 1 is 1.26 bits per heavy atom. The molecule has 0 aliphatic heterocycles. The van der Waals surface area contributed by atoms with Crippen LogP contribution in [-0.4, -0.2) is 34.4 Å². The van der Waals surface area contributed by atoms with Gasteiger partial charge in [-0.2, -0.15) is 0 Å². The van der Waals surface area contributed by atoms with E-state index in [2.05, 4.69) is 12.2 Å². The van der Waals surface area contributed by atoms with Gasteiger partial charge in [-0.1, -0.05) is 13.3 Å². The summed E-state index contributed by atoms with van der Waals surface area (Å²) in [4.78, 5) is 11.9. The van der Waals surface area contributed by atoms with Crippen LogP contribution in [0.3, 0.4) is 0 Å². The van der Waals surface area contributed by atoms with Crippen LogP contribution in [0.25, 0.3) is 0 Å². The first kappa shape index (κ1) is 15.3. The number of hydrogen-bond acceptors (Lipinski definition) is 4. The van der Waals surface area contributed by atoms with Crippen LogP contribution in [0.1, 0.15) is 36.5 Å². The molecule has 1 atom stereocenters.